The van der Waals surface area contributed by atoms with Gasteiger partial charge in [-0.3, -0.25) is 0 Å². The van der Waals surface area contributed by atoms with Gasteiger partial charge < -0.3 is 4.52 Å². The van der Waals surface area contributed by atoms with Crippen molar-refractivity contribution < 1.29 is 4.52 Å². The van der Waals surface area contributed by atoms with E-state index in [9.17, 15) is 0 Å². The zero-order valence-corrected chi connectivity index (χ0v) is 10.6. The molecule has 0 aliphatic heterocycles. The first-order valence-corrected chi connectivity index (χ1v) is 6.79. The molecule has 3 aromatic rings. The summed E-state index contributed by atoms with van der Waals surface area (Å²) in [6.07, 6.45) is 1.58. The molecule has 0 unspecified atom stereocenters. The fourth-order valence-corrected chi connectivity index (χ4v) is 3.18. The Hall–Kier alpha value is -1.47. The molecule has 0 aliphatic rings. The predicted molar refractivity (Wildman–Crippen MR) is 66.0 cm³/mol. The molecule has 0 aliphatic carbocycles. The molecule has 86 valence electrons. The number of aryl methyl sites for hydroxylation is 1. The lowest BCUT2D eigenvalue weighted by atomic mass is 10.5. The molecule has 0 fully saturated rings. The third-order valence-electron chi connectivity index (χ3n) is 2.11. The van der Waals surface area contributed by atoms with Gasteiger partial charge in [-0.2, -0.15) is 4.98 Å². The van der Waals surface area contributed by atoms with Gasteiger partial charge >= 0.3 is 0 Å². The summed E-state index contributed by atoms with van der Waals surface area (Å²) >= 11 is 3.23. The molecule has 0 amide bonds. The van der Waals surface area contributed by atoms with Crippen LogP contribution in [-0.2, 0) is 5.75 Å². The van der Waals surface area contributed by atoms with Gasteiger partial charge in [0.1, 0.15) is 11.4 Å². The van der Waals surface area contributed by atoms with Crippen LogP contribution in [0.5, 0.6) is 0 Å². The molecular weight excluding hydrogens is 256 g/mol. The summed E-state index contributed by atoms with van der Waals surface area (Å²) in [7, 11) is 0. The molecule has 3 aromatic heterocycles. The number of thioether (sulfide) groups is 1. The van der Waals surface area contributed by atoms with Gasteiger partial charge in [0, 0.05) is 0 Å². The third-order valence-corrected chi connectivity index (χ3v) is 4.13. The van der Waals surface area contributed by atoms with Gasteiger partial charge in [0.25, 0.3) is 0 Å². The smallest absolute Gasteiger partial charge is 0.237 e. The van der Waals surface area contributed by atoms with Crippen molar-refractivity contribution in [1.29, 1.82) is 0 Å². The molecule has 0 bridgehead atoms. The quantitative estimate of drug-likeness (QED) is 0.535. The van der Waals surface area contributed by atoms with E-state index in [0.29, 0.717) is 17.5 Å². The van der Waals surface area contributed by atoms with E-state index in [-0.39, 0.29) is 0 Å². The summed E-state index contributed by atoms with van der Waals surface area (Å²) in [5, 5.41) is 6.72. The maximum atomic E-state index is 5.06. The van der Waals surface area contributed by atoms with Crippen molar-refractivity contribution in [3.05, 3.63) is 29.5 Å². The van der Waals surface area contributed by atoms with Crippen LogP contribution < -0.4 is 0 Å². The van der Waals surface area contributed by atoms with E-state index >= 15 is 0 Å². The number of fused-ring (bicyclic) bond motifs is 1. The summed E-state index contributed by atoms with van der Waals surface area (Å²) in [4.78, 5) is 12.6. The van der Waals surface area contributed by atoms with Crippen LogP contribution in [0.15, 0.2) is 27.3 Å². The second-order valence-corrected chi connectivity index (χ2v) is 5.22. The fraction of sp³-hybridized carbons (Fsp3) is 0.200. The molecule has 0 saturated heterocycles. The number of aromatic nitrogens is 4. The minimum atomic E-state index is 0.621. The topological polar surface area (TPSA) is 64.7 Å². The predicted octanol–water partition coefficient (Wildman–Crippen LogP) is 2.68. The maximum absolute atomic E-state index is 5.06. The summed E-state index contributed by atoms with van der Waals surface area (Å²) in [6, 6.07) is 1.99. The molecule has 0 aromatic carbocycles. The first kappa shape index (κ1) is 10.7. The van der Waals surface area contributed by atoms with Crippen molar-refractivity contribution in [2.45, 2.75) is 17.7 Å². The summed E-state index contributed by atoms with van der Waals surface area (Å²) in [6.45, 7) is 1.81. The zero-order valence-electron chi connectivity index (χ0n) is 8.95. The van der Waals surface area contributed by atoms with Crippen molar-refractivity contribution in [2.75, 3.05) is 0 Å². The van der Waals surface area contributed by atoms with Gasteiger partial charge in [-0.1, -0.05) is 16.9 Å². The highest BCUT2D eigenvalue weighted by Crippen LogP contribution is 2.30. The van der Waals surface area contributed by atoms with E-state index in [1.54, 1.807) is 36.3 Å². The van der Waals surface area contributed by atoms with E-state index in [0.717, 1.165) is 15.2 Å². The monoisotopic (exact) mass is 264 g/mol. The molecule has 3 heterocycles. The molecule has 3 rings (SSSR count). The Balaban J connectivity index is 1.83. The molecule has 7 heteroatoms. The van der Waals surface area contributed by atoms with Gasteiger partial charge in [0.15, 0.2) is 5.82 Å². The second-order valence-electron chi connectivity index (χ2n) is 3.34. The standard InChI is InChI=1S/C10H8N4OS2/c1-6-13-8(15-14-6)4-17-10-9-7(2-3-16-9)11-5-12-10/h2-3,5H,4H2,1H3. The van der Waals surface area contributed by atoms with Crippen LogP contribution in [0.3, 0.4) is 0 Å². The average molecular weight is 264 g/mol. The van der Waals surface area contributed by atoms with Gasteiger partial charge in [0.2, 0.25) is 5.89 Å². The van der Waals surface area contributed by atoms with Crippen LogP contribution in [0.25, 0.3) is 10.2 Å². The number of rotatable bonds is 3. The molecule has 0 atom stereocenters. The van der Waals surface area contributed by atoms with E-state index in [1.807, 2.05) is 11.4 Å². The number of nitrogens with zero attached hydrogens (tertiary/aromatic N) is 4. The van der Waals surface area contributed by atoms with E-state index in [1.165, 1.54) is 0 Å². The van der Waals surface area contributed by atoms with Crippen LogP contribution in [0, 0.1) is 6.92 Å². The first-order valence-electron chi connectivity index (χ1n) is 4.93. The number of hydrogen-bond acceptors (Lipinski definition) is 7. The molecular formula is C10H8N4OS2. The van der Waals surface area contributed by atoms with Crippen molar-refractivity contribution in [3.63, 3.8) is 0 Å². The fourth-order valence-electron chi connectivity index (χ4n) is 1.40. The van der Waals surface area contributed by atoms with Crippen LogP contribution in [0.1, 0.15) is 11.7 Å². The lowest BCUT2D eigenvalue weighted by Crippen LogP contribution is -1.85. The molecule has 0 spiro atoms. The van der Waals surface area contributed by atoms with Gasteiger partial charge in [-0.15, -0.1) is 11.3 Å². The molecule has 17 heavy (non-hydrogen) atoms. The minimum Gasteiger partial charge on any atom is -0.338 e. The largest absolute Gasteiger partial charge is 0.338 e. The van der Waals surface area contributed by atoms with E-state index in [4.69, 9.17) is 4.52 Å². The minimum absolute atomic E-state index is 0.621. The maximum Gasteiger partial charge on any atom is 0.237 e. The van der Waals surface area contributed by atoms with Crippen LogP contribution in [0.4, 0.5) is 0 Å². The Kier molecular flexibility index (Phi) is 2.77. The van der Waals surface area contributed by atoms with Gasteiger partial charge in [0.05, 0.1) is 16.0 Å². The molecule has 5 nitrogen and oxygen atoms in total. The zero-order chi connectivity index (χ0) is 11.7. The average Bonchev–Trinajstić information content (AvgIpc) is 2.94. The number of thiophene rings is 1. The molecule has 0 N–H and O–H groups in total. The molecule has 0 radical (unpaired) electrons. The lowest BCUT2D eigenvalue weighted by Gasteiger charge is -1.98. The highest BCUT2D eigenvalue weighted by atomic mass is 32.2. The molecule has 0 saturated carbocycles. The Labute approximate surface area is 105 Å². The van der Waals surface area contributed by atoms with E-state index < -0.39 is 0 Å². The second kappa shape index (κ2) is 4.42. The van der Waals surface area contributed by atoms with Crippen molar-refractivity contribution >= 4 is 33.3 Å². The van der Waals surface area contributed by atoms with Gasteiger partial charge in [-0.25, -0.2) is 9.97 Å². The first-order chi connectivity index (χ1) is 8.33. The Morgan fingerprint density at radius 3 is 3.18 bits per heavy atom. The van der Waals surface area contributed by atoms with E-state index in [2.05, 4.69) is 20.1 Å². The Morgan fingerprint density at radius 1 is 1.41 bits per heavy atom. The number of hydrogen-bond donors (Lipinski definition) is 0. The normalized spacial score (nSPS) is 11.1. The SMILES string of the molecule is Cc1noc(CSc2ncnc3ccsc23)n1. The third kappa shape index (κ3) is 2.16. The van der Waals surface area contributed by atoms with Crippen LogP contribution in [0.2, 0.25) is 0 Å². The lowest BCUT2D eigenvalue weighted by molar-refractivity contribution is 0.387. The van der Waals surface area contributed by atoms with Crippen LogP contribution in [-0.4, -0.2) is 20.1 Å². The van der Waals surface area contributed by atoms with Crippen LogP contribution >= 0.6 is 23.1 Å². The summed E-state index contributed by atoms with van der Waals surface area (Å²) in [5.41, 5.74) is 0.981. The highest BCUT2D eigenvalue weighted by Gasteiger charge is 2.08. The van der Waals surface area contributed by atoms with Crippen molar-refractivity contribution in [1.82, 2.24) is 20.1 Å². The highest BCUT2D eigenvalue weighted by molar-refractivity contribution is 7.98. The van der Waals surface area contributed by atoms with Crippen molar-refractivity contribution in [2.24, 2.45) is 0 Å². The van der Waals surface area contributed by atoms with Gasteiger partial charge in [-0.05, 0) is 18.4 Å². The summed E-state index contributed by atoms with van der Waals surface area (Å²) in [5.74, 6) is 1.91. The summed E-state index contributed by atoms with van der Waals surface area (Å²) < 4.78 is 6.16. The Morgan fingerprint density at radius 2 is 2.35 bits per heavy atom. The Bertz CT molecular complexity index is 648. The van der Waals surface area contributed by atoms with Crippen molar-refractivity contribution in [3.8, 4) is 0 Å².